The van der Waals surface area contributed by atoms with Crippen molar-refractivity contribution >= 4 is 29.2 Å². The lowest BCUT2D eigenvalue weighted by molar-refractivity contribution is -0.204. The van der Waals surface area contributed by atoms with Gasteiger partial charge in [-0.15, -0.1) is 0 Å². The lowest BCUT2D eigenvalue weighted by atomic mass is 9.79. The first-order valence-electron chi connectivity index (χ1n) is 13.4. The number of ether oxygens (including phenoxy) is 1. The van der Waals surface area contributed by atoms with Gasteiger partial charge in [0.1, 0.15) is 5.60 Å². The van der Waals surface area contributed by atoms with Gasteiger partial charge in [0.15, 0.2) is 10.8 Å². The second-order valence-corrected chi connectivity index (χ2v) is 12.6. The van der Waals surface area contributed by atoms with Crippen LogP contribution in [-0.2, 0) is 22.6 Å². The number of fused-ring (bicyclic) bond motifs is 1. The zero-order chi connectivity index (χ0) is 31.2. The Hall–Kier alpha value is -2.70. The van der Waals surface area contributed by atoms with Crippen molar-refractivity contribution in [2.45, 2.75) is 111 Å². The number of amides is 2. The van der Waals surface area contributed by atoms with E-state index in [1.165, 1.54) is 23.8 Å². The molecule has 0 spiro atoms. The predicted octanol–water partition coefficient (Wildman–Crippen LogP) is 7.22. The largest absolute Gasteiger partial charge is 0.444 e. The number of rotatable bonds is 6. The molecule has 0 radical (unpaired) electrons. The molecular weight excluding hydrogens is 573 g/mol. The van der Waals surface area contributed by atoms with Crippen LogP contribution in [0.4, 0.5) is 26.7 Å². The van der Waals surface area contributed by atoms with Gasteiger partial charge in [-0.25, -0.2) is 23.1 Å². The normalized spacial score (nSPS) is 16.4. The number of nitrogens with one attached hydrogen (secondary N) is 2. The van der Waals surface area contributed by atoms with Crippen molar-refractivity contribution in [3.63, 3.8) is 0 Å². The molecule has 0 saturated heterocycles. The molecule has 2 aromatic rings. The lowest BCUT2D eigenvalue weighted by Gasteiger charge is -2.34. The number of aromatic nitrogens is 3. The van der Waals surface area contributed by atoms with Gasteiger partial charge in [0.25, 0.3) is 0 Å². The molecule has 0 bridgehead atoms. The van der Waals surface area contributed by atoms with Crippen LogP contribution >= 0.6 is 11.6 Å². The quantitative estimate of drug-likeness (QED) is 0.336. The number of alkyl halides is 5. The third-order valence-corrected chi connectivity index (χ3v) is 5.99. The number of carbonyl (C=O) groups is 2. The molecule has 2 aliphatic carbocycles. The summed E-state index contributed by atoms with van der Waals surface area (Å²) in [5.41, 5.74) is -0.572. The summed E-state index contributed by atoms with van der Waals surface area (Å²) in [6.45, 7) is 9.01. The van der Waals surface area contributed by atoms with Crippen molar-refractivity contribution < 1.29 is 36.3 Å². The molecular formula is C27H39ClF5N5O3. The molecule has 2 amide bonds. The molecule has 14 heteroatoms. The van der Waals surface area contributed by atoms with E-state index in [0.717, 1.165) is 20.8 Å². The van der Waals surface area contributed by atoms with Crippen LogP contribution in [0.15, 0.2) is 12.3 Å². The van der Waals surface area contributed by atoms with Crippen LogP contribution in [0.2, 0.25) is 5.15 Å². The maximum atomic E-state index is 12.9. The Morgan fingerprint density at radius 1 is 1.05 bits per heavy atom. The molecule has 4 rings (SSSR count). The van der Waals surface area contributed by atoms with Gasteiger partial charge in [0.05, 0.1) is 23.9 Å². The summed E-state index contributed by atoms with van der Waals surface area (Å²) in [5, 5.41) is 9.67. The van der Waals surface area contributed by atoms with Gasteiger partial charge in [-0.05, 0) is 32.8 Å². The third kappa shape index (κ3) is 12.8. The summed E-state index contributed by atoms with van der Waals surface area (Å²) >= 11 is 6.18. The monoisotopic (exact) mass is 611 g/mol. The smallest absolute Gasteiger partial charge is 0.407 e. The minimum Gasteiger partial charge on any atom is -0.444 e. The van der Waals surface area contributed by atoms with Gasteiger partial charge in [0.2, 0.25) is 11.8 Å². The highest BCUT2D eigenvalue weighted by Crippen LogP contribution is 2.44. The van der Waals surface area contributed by atoms with E-state index >= 15 is 0 Å². The second kappa shape index (κ2) is 13.5. The van der Waals surface area contributed by atoms with E-state index in [0.29, 0.717) is 16.9 Å². The molecule has 41 heavy (non-hydrogen) atoms. The molecule has 8 nitrogen and oxygen atoms in total. The maximum Gasteiger partial charge on any atom is 0.407 e. The van der Waals surface area contributed by atoms with Crippen LogP contribution in [0.3, 0.4) is 0 Å². The number of imidazole rings is 1. The minimum absolute atomic E-state index is 0.0622. The molecule has 0 atom stereocenters. The van der Waals surface area contributed by atoms with Gasteiger partial charge >= 0.3 is 12.3 Å². The van der Waals surface area contributed by atoms with E-state index in [2.05, 4.69) is 20.7 Å². The molecule has 0 unspecified atom stereocenters. The topological polar surface area (TPSA) is 97.6 Å². The fourth-order valence-corrected chi connectivity index (χ4v) is 3.33. The van der Waals surface area contributed by atoms with Gasteiger partial charge < -0.3 is 15.4 Å². The van der Waals surface area contributed by atoms with Crippen molar-refractivity contribution in [1.82, 2.24) is 25.2 Å². The SMILES string of the molecule is C1CC1.CC(C)(C)C(F)(F)F.CC(C)(C)OC(=O)NCc1cn2nc(Cl)c(CNC(=O)CC3CC(F)(F)C3)cc2n1. The van der Waals surface area contributed by atoms with Crippen LogP contribution in [0, 0.1) is 11.3 Å². The Labute approximate surface area is 241 Å². The summed E-state index contributed by atoms with van der Waals surface area (Å²) in [7, 11) is 0. The van der Waals surface area contributed by atoms with Crippen LogP contribution in [0.5, 0.6) is 0 Å². The number of carbonyl (C=O) groups excluding carboxylic acids is 2. The van der Waals surface area contributed by atoms with Crippen molar-refractivity contribution in [2.75, 3.05) is 0 Å². The predicted molar refractivity (Wildman–Crippen MR) is 145 cm³/mol. The van der Waals surface area contributed by atoms with E-state index in [1.807, 2.05) is 0 Å². The van der Waals surface area contributed by atoms with E-state index in [4.69, 9.17) is 16.3 Å². The first-order valence-corrected chi connectivity index (χ1v) is 13.7. The molecule has 0 aliphatic heterocycles. The molecule has 2 aromatic heterocycles. The highest BCUT2D eigenvalue weighted by Gasteiger charge is 2.45. The maximum absolute atomic E-state index is 12.9. The summed E-state index contributed by atoms with van der Waals surface area (Å²) in [4.78, 5) is 28.1. The standard InChI is InChI=1S/C19H24ClF2N5O3.C5H9F3.C3H6/c1-18(2,3)30-17(29)24-9-13-10-27-14(25-13)5-12(16(20)26-27)8-23-15(28)4-11-6-19(21,22)7-11;1-4(2,3)5(6,7)8;1-2-3-1/h5,10-11H,4,6-9H2,1-3H3,(H,23,28)(H,24,29);1-3H3;1-3H2. The van der Waals surface area contributed by atoms with Crippen molar-refractivity contribution in [3.05, 3.63) is 28.7 Å². The number of hydrogen-bond donors (Lipinski definition) is 2. The number of hydrogen-bond acceptors (Lipinski definition) is 5. The van der Waals surface area contributed by atoms with Gasteiger partial charge in [-0.3, -0.25) is 4.79 Å². The summed E-state index contributed by atoms with van der Waals surface area (Å²) < 4.78 is 67.1. The molecule has 0 aromatic carbocycles. The zero-order valence-corrected chi connectivity index (χ0v) is 25.0. The highest BCUT2D eigenvalue weighted by atomic mass is 35.5. The first kappa shape index (κ1) is 34.5. The summed E-state index contributed by atoms with van der Waals surface area (Å²) in [6.07, 6.45) is 1.07. The van der Waals surface area contributed by atoms with Crippen LogP contribution < -0.4 is 10.6 Å². The third-order valence-electron chi connectivity index (χ3n) is 5.67. The van der Waals surface area contributed by atoms with Crippen LogP contribution in [-0.4, -0.2) is 44.3 Å². The molecule has 2 saturated carbocycles. The van der Waals surface area contributed by atoms with Gasteiger partial charge in [-0.2, -0.15) is 18.3 Å². The van der Waals surface area contributed by atoms with E-state index in [1.54, 1.807) is 33.0 Å². The highest BCUT2D eigenvalue weighted by molar-refractivity contribution is 6.30. The Bertz CT molecular complexity index is 1160. The van der Waals surface area contributed by atoms with Crippen molar-refractivity contribution in [1.29, 1.82) is 0 Å². The Kier molecular flexibility index (Phi) is 11.4. The van der Waals surface area contributed by atoms with Crippen molar-refractivity contribution in [3.8, 4) is 0 Å². The molecule has 2 fully saturated rings. The average Bonchev–Trinajstić information content (AvgIpc) is 3.60. The number of nitrogens with zero attached hydrogens (tertiary/aromatic N) is 3. The van der Waals surface area contributed by atoms with Crippen LogP contribution in [0.25, 0.3) is 5.65 Å². The molecule has 2 N–H and O–H groups in total. The zero-order valence-electron chi connectivity index (χ0n) is 24.2. The van der Waals surface area contributed by atoms with Crippen LogP contribution in [0.1, 0.15) is 91.3 Å². The fraction of sp³-hybridized carbons (Fsp3) is 0.704. The molecule has 2 heterocycles. The Balaban J connectivity index is 0.000000448. The van der Waals surface area contributed by atoms with E-state index in [-0.39, 0.29) is 49.3 Å². The molecule has 2 aliphatic rings. The number of halogens is 6. The number of alkyl carbamates (subject to hydrolysis) is 1. The average molecular weight is 612 g/mol. The van der Waals surface area contributed by atoms with E-state index < -0.39 is 29.2 Å². The second-order valence-electron chi connectivity index (χ2n) is 12.3. The Morgan fingerprint density at radius 3 is 2.07 bits per heavy atom. The van der Waals surface area contributed by atoms with Gasteiger partial charge in [-0.1, -0.05) is 51.6 Å². The first-order chi connectivity index (χ1) is 18.6. The fourth-order valence-electron chi connectivity index (χ4n) is 3.13. The Morgan fingerprint density at radius 2 is 1.61 bits per heavy atom. The summed E-state index contributed by atoms with van der Waals surface area (Å²) in [5.74, 6) is -3.24. The summed E-state index contributed by atoms with van der Waals surface area (Å²) in [6, 6.07) is 1.67. The molecule has 232 valence electrons. The minimum atomic E-state index is -4.06. The van der Waals surface area contributed by atoms with Gasteiger partial charge in [0, 0.05) is 31.4 Å². The lowest BCUT2D eigenvalue weighted by Crippen LogP contribution is -2.38. The van der Waals surface area contributed by atoms with E-state index in [9.17, 15) is 31.5 Å². The van der Waals surface area contributed by atoms with Crippen molar-refractivity contribution in [2.24, 2.45) is 11.3 Å².